The molecule has 0 amide bonds. The van der Waals surface area contributed by atoms with Crippen molar-refractivity contribution in [2.24, 2.45) is 0 Å². The molecule has 2 N–H and O–H groups in total. The topological polar surface area (TPSA) is 40.5 Å². The van der Waals surface area contributed by atoms with Gasteiger partial charge >= 0.3 is 61.9 Å². The van der Waals surface area contributed by atoms with E-state index < -0.39 is 0 Å². The Bertz CT molecular complexity index is 56.1. The van der Waals surface area contributed by atoms with Gasteiger partial charge in [0.25, 0.3) is 0 Å². The van der Waals surface area contributed by atoms with E-state index in [1.807, 2.05) is 0 Å². The van der Waals surface area contributed by atoms with Gasteiger partial charge in [0.05, 0.1) is 0 Å². The van der Waals surface area contributed by atoms with Crippen molar-refractivity contribution in [1.82, 2.24) is 0 Å². The Hall–Kier alpha value is 0.439. The van der Waals surface area contributed by atoms with Crippen LogP contribution in [0.5, 0.6) is 0 Å². The summed E-state index contributed by atoms with van der Waals surface area (Å²) in [5.41, 5.74) is 0. The third-order valence-electron chi connectivity index (χ3n) is 0.718. The van der Waals surface area contributed by atoms with Crippen LogP contribution in [-0.2, 0) is 0 Å². The Balaban J connectivity index is 2.91. The zero-order valence-corrected chi connectivity index (χ0v) is 7.58. The normalized spacial score (nSPS) is 17.3. The van der Waals surface area contributed by atoms with E-state index in [0.717, 1.165) is 10.6 Å². The quantitative estimate of drug-likeness (QED) is 0.636. The first kappa shape index (κ1) is 9.44. The fourth-order valence-corrected chi connectivity index (χ4v) is 2.13. The predicted octanol–water partition coefficient (Wildman–Crippen LogP) is 0.289. The number of hydrogen-bond acceptors (Lipinski definition) is 2. The van der Waals surface area contributed by atoms with E-state index in [-0.39, 0.29) is 12.2 Å². The summed E-state index contributed by atoms with van der Waals surface area (Å²) in [5.74, 6) is 0. The van der Waals surface area contributed by atoms with Crippen molar-refractivity contribution in [3.05, 3.63) is 0 Å². The summed E-state index contributed by atoms with van der Waals surface area (Å²) in [7, 11) is 0. The van der Waals surface area contributed by atoms with E-state index in [2.05, 4.69) is 0 Å². The molecule has 0 aromatic carbocycles. The van der Waals surface area contributed by atoms with Gasteiger partial charge in [-0.15, -0.1) is 0 Å². The molecule has 0 aliphatic heterocycles. The van der Waals surface area contributed by atoms with E-state index in [1.165, 1.54) is 0 Å². The first-order chi connectivity index (χ1) is 4.13. The maximum absolute atomic E-state index is 8.80. The summed E-state index contributed by atoms with van der Waals surface area (Å²) < 4.78 is 0. The Kier molecular flexibility index (Phi) is 5.50. The monoisotopic (exact) mass is 198 g/mol. The molecule has 9 heavy (non-hydrogen) atoms. The van der Waals surface area contributed by atoms with Crippen LogP contribution in [0.3, 0.4) is 0 Å². The number of hydrogen-bond donors (Lipinski definition) is 2. The van der Waals surface area contributed by atoms with Crippen LogP contribution in [0.15, 0.2) is 0 Å². The standard InChI is InChI=1S/C6H14O2Se/c1-5(7)3-9-4-6(2)8/h5-8H,3-4H2,1-2H3. The fraction of sp³-hybridized carbons (Fsp3) is 1.00. The summed E-state index contributed by atoms with van der Waals surface area (Å²) in [6, 6.07) is 0. The second-order valence-electron chi connectivity index (χ2n) is 2.24. The minimum atomic E-state index is -0.191. The molecule has 56 valence electrons. The Labute approximate surface area is 62.4 Å². The van der Waals surface area contributed by atoms with Gasteiger partial charge < -0.3 is 0 Å². The van der Waals surface area contributed by atoms with E-state index in [1.54, 1.807) is 13.8 Å². The molecule has 0 fully saturated rings. The molecule has 0 aliphatic carbocycles. The van der Waals surface area contributed by atoms with Crippen molar-refractivity contribution >= 4 is 15.0 Å². The Morgan fingerprint density at radius 2 is 1.44 bits per heavy atom. The molecule has 0 saturated carbocycles. The molecule has 0 rings (SSSR count). The molecule has 0 aromatic rings. The summed E-state index contributed by atoms with van der Waals surface area (Å²) in [6.07, 6.45) is -0.382. The molecule has 2 nitrogen and oxygen atoms in total. The van der Waals surface area contributed by atoms with Crippen LogP contribution < -0.4 is 0 Å². The van der Waals surface area contributed by atoms with Crippen LogP contribution in [0, 0.1) is 0 Å². The molecular formula is C6H14O2Se. The van der Waals surface area contributed by atoms with Crippen molar-refractivity contribution in [3.63, 3.8) is 0 Å². The Morgan fingerprint density at radius 1 is 1.11 bits per heavy atom. The van der Waals surface area contributed by atoms with Crippen molar-refractivity contribution in [2.45, 2.75) is 36.7 Å². The van der Waals surface area contributed by atoms with Gasteiger partial charge in [0.15, 0.2) is 0 Å². The second-order valence-corrected chi connectivity index (χ2v) is 4.49. The fourth-order valence-electron chi connectivity index (χ4n) is 0.409. The third-order valence-corrected chi connectivity index (χ3v) is 3.73. The molecule has 0 aromatic heterocycles. The zero-order valence-electron chi connectivity index (χ0n) is 5.87. The molecule has 3 heteroatoms. The molecule has 0 aliphatic rings. The number of aliphatic hydroxyl groups excluding tert-OH is 2. The van der Waals surface area contributed by atoms with E-state index in [4.69, 9.17) is 10.2 Å². The Morgan fingerprint density at radius 3 is 1.67 bits per heavy atom. The van der Waals surface area contributed by atoms with Crippen LogP contribution >= 0.6 is 0 Å². The molecular weight excluding hydrogens is 183 g/mol. The van der Waals surface area contributed by atoms with Gasteiger partial charge in [0.2, 0.25) is 0 Å². The van der Waals surface area contributed by atoms with Crippen molar-refractivity contribution < 1.29 is 10.2 Å². The van der Waals surface area contributed by atoms with Crippen molar-refractivity contribution in [2.75, 3.05) is 0 Å². The summed E-state index contributed by atoms with van der Waals surface area (Å²) >= 11 is 0.419. The average molecular weight is 197 g/mol. The SMILES string of the molecule is CC(O)C[Se]CC(C)O. The van der Waals surface area contributed by atoms with Crippen LogP contribution in [0.2, 0.25) is 10.6 Å². The van der Waals surface area contributed by atoms with E-state index in [9.17, 15) is 0 Å². The number of rotatable bonds is 4. The second kappa shape index (κ2) is 5.24. The minimum absolute atomic E-state index is 0.191. The van der Waals surface area contributed by atoms with Gasteiger partial charge in [0.1, 0.15) is 0 Å². The van der Waals surface area contributed by atoms with Gasteiger partial charge in [-0.1, -0.05) is 0 Å². The molecule has 0 bridgehead atoms. The van der Waals surface area contributed by atoms with Gasteiger partial charge in [0, 0.05) is 0 Å². The van der Waals surface area contributed by atoms with Crippen LogP contribution in [0.4, 0.5) is 0 Å². The zero-order chi connectivity index (χ0) is 7.28. The van der Waals surface area contributed by atoms with Gasteiger partial charge in [-0.3, -0.25) is 0 Å². The summed E-state index contributed by atoms with van der Waals surface area (Å²) in [6.45, 7) is 3.56. The van der Waals surface area contributed by atoms with Gasteiger partial charge in [-0.2, -0.15) is 0 Å². The van der Waals surface area contributed by atoms with Crippen LogP contribution in [0.25, 0.3) is 0 Å². The average Bonchev–Trinajstić information content (AvgIpc) is 1.63. The van der Waals surface area contributed by atoms with Crippen molar-refractivity contribution in [1.29, 1.82) is 0 Å². The first-order valence-corrected chi connectivity index (χ1v) is 5.49. The van der Waals surface area contributed by atoms with Crippen LogP contribution in [0.1, 0.15) is 13.8 Å². The van der Waals surface area contributed by atoms with Gasteiger partial charge in [-0.25, -0.2) is 0 Å². The van der Waals surface area contributed by atoms with E-state index in [0.29, 0.717) is 15.0 Å². The third kappa shape index (κ3) is 8.44. The summed E-state index contributed by atoms with van der Waals surface area (Å²) in [4.78, 5) is 0. The molecule has 2 atom stereocenters. The predicted molar refractivity (Wildman–Crippen MR) is 38.7 cm³/mol. The summed E-state index contributed by atoms with van der Waals surface area (Å²) in [5, 5.41) is 19.3. The molecule has 0 spiro atoms. The van der Waals surface area contributed by atoms with E-state index >= 15 is 0 Å². The first-order valence-electron chi connectivity index (χ1n) is 3.06. The van der Waals surface area contributed by atoms with Gasteiger partial charge in [-0.05, 0) is 0 Å². The molecule has 0 heterocycles. The maximum atomic E-state index is 8.80. The van der Waals surface area contributed by atoms with Crippen molar-refractivity contribution in [3.8, 4) is 0 Å². The molecule has 2 unspecified atom stereocenters. The molecule has 0 saturated heterocycles. The molecule has 0 radical (unpaired) electrons. The number of aliphatic hydroxyl groups is 2. The van der Waals surface area contributed by atoms with Crippen LogP contribution in [-0.4, -0.2) is 37.4 Å².